The zero-order chi connectivity index (χ0) is 12.6. The first kappa shape index (κ1) is 11.7. The Labute approximate surface area is 97.1 Å². The van der Waals surface area contributed by atoms with Crippen molar-refractivity contribution in [2.45, 2.75) is 17.7 Å². The van der Waals surface area contributed by atoms with Gasteiger partial charge in [0.15, 0.2) is 0 Å². The molecule has 1 aromatic rings. The number of carbonyl (C=O) groups excluding carboxylic acids is 2. The minimum absolute atomic E-state index is 0.141. The van der Waals surface area contributed by atoms with Crippen LogP contribution in [0.25, 0.3) is 0 Å². The SMILES string of the molecule is O=C1CCC(=O)N1c1ccc(S(=O)(=O)F)cc1. The van der Waals surface area contributed by atoms with Crippen LogP contribution in [0, 0.1) is 0 Å². The summed E-state index contributed by atoms with van der Waals surface area (Å²) in [4.78, 5) is 23.2. The Hall–Kier alpha value is -1.76. The van der Waals surface area contributed by atoms with Crippen LogP contribution in [0.3, 0.4) is 0 Å². The monoisotopic (exact) mass is 257 g/mol. The van der Waals surface area contributed by atoms with Crippen molar-refractivity contribution in [3.63, 3.8) is 0 Å². The Morgan fingerprint density at radius 2 is 1.47 bits per heavy atom. The maximum atomic E-state index is 12.6. The van der Waals surface area contributed by atoms with Crippen LogP contribution in [0.4, 0.5) is 9.57 Å². The average Bonchev–Trinajstić information content (AvgIpc) is 2.58. The summed E-state index contributed by atoms with van der Waals surface area (Å²) in [5, 5.41) is 0. The third kappa shape index (κ3) is 2.19. The van der Waals surface area contributed by atoms with Crippen LogP contribution in [0.5, 0.6) is 0 Å². The van der Waals surface area contributed by atoms with Crippen molar-refractivity contribution in [1.29, 1.82) is 0 Å². The van der Waals surface area contributed by atoms with Gasteiger partial charge in [0.2, 0.25) is 11.8 Å². The van der Waals surface area contributed by atoms with Gasteiger partial charge in [-0.25, -0.2) is 0 Å². The highest BCUT2D eigenvalue weighted by atomic mass is 32.3. The Morgan fingerprint density at radius 3 is 1.88 bits per heavy atom. The first-order valence-corrected chi connectivity index (χ1v) is 6.18. The molecule has 1 aromatic carbocycles. The van der Waals surface area contributed by atoms with Crippen molar-refractivity contribution < 1.29 is 21.9 Å². The van der Waals surface area contributed by atoms with E-state index in [1.807, 2.05) is 0 Å². The van der Waals surface area contributed by atoms with Gasteiger partial charge < -0.3 is 0 Å². The summed E-state index contributed by atoms with van der Waals surface area (Å²) in [6.07, 6.45) is 0.282. The highest BCUT2D eigenvalue weighted by Gasteiger charge is 2.30. The quantitative estimate of drug-likeness (QED) is 0.585. The second-order valence-electron chi connectivity index (χ2n) is 3.55. The topological polar surface area (TPSA) is 71.5 Å². The number of halogens is 1. The van der Waals surface area contributed by atoms with Crippen LogP contribution in [-0.4, -0.2) is 20.2 Å². The maximum Gasteiger partial charge on any atom is 0.332 e. The molecule has 90 valence electrons. The van der Waals surface area contributed by atoms with Crippen LogP contribution >= 0.6 is 0 Å². The fourth-order valence-corrected chi connectivity index (χ4v) is 2.08. The molecule has 1 fully saturated rings. The van der Waals surface area contributed by atoms with Gasteiger partial charge >= 0.3 is 10.2 Å². The summed E-state index contributed by atoms with van der Waals surface area (Å²) < 4.78 is 33.8. The molecular weight excluding hydrogens is 249 g/mol. The Kier molecular flexibility index (Phi) is 2.70. The number of rotatable bonds is 2. The molecule has 0 bridgehead atoms. The molecule has 1 heterocycles. The number of nitrogens with zero attached hydrogens (tertiary/aromatic N) is 1. The van der Waals surface area contributed by atoms with E-state index in [0.717, 1.165) is 17.0 Å². The van der Waals surface area contributed by atoms with E-state index in [1.54, 1.807) is 0 Å². The molecule has 5 nitrogen and oxygen atoms in total. The van der Waals surface area contributed by atoms with Crippen molar-refractivity contribution in [3.8, 4) is 0 Å². The molecule has 0 atom stereocenters. The van der Waals surface area contributed by atoms with Crippen molar-refractivity contribution in [1.82, 2.24) is 0 Å². The summed E-state index contributed by atoms with van der Waals surface area (Å²) in [5.41, 5.74) is 0.255. The Balaban J connectivity index is 2.36. The third-order valence-electron chi connectivity index (χ3n) is 2.43. The number of carbonyl (C=O) groups is 2. The van der Waals surface area contributed by atoms with Gasteiger partial charge in [0.25, 0.3) is 0 Å². The summed E-state index contributed by atoms with van der Waals surface area (Å²) in [6.45, 7) is 0. The maximum absolute atomic E-state index is 12.6. The lowest BCUT2D eigenvalue weighted by Gasteiger charge is -2.13. The van der Waals surface area contributed by atoms with Gasteiger partial charge in [-0.15, -0.1) is 3.89 Å². The Morgan fingerprint density at radius 1 is 1.00 bits per heavy atom. The lowest BCUT2D eigenvalue weighted by atomic mass is 10.3. The standard InChI is InChI=1S/C10H8FNO4S/c11-17(15,16)8-3-1-7(2-4-8)12-9(13)5-6-10(12)14/h1-4H,5-6H2. The van der Waals surface area contributed by atoms with Gasteiger partial charge in [0.05, 0.1) is 10.6 Å². The molecule has 1 aliphatic rings. The fraction of sp³-hybridized carbons (Fsp3) is 0.200. The lowest BCUT2D eigenvalue weighted by Crippen LogP contribution is -2.28. The van der Waals surface area contributed by atoms with Crippen LogP contribution in [0.1, 0.15) is 12.8 Å². The number of amides is 2. The minimum atomic E-state index is -4.76. The normalized spacial score (nSPS) is 16.6. The molecular formula is C10H8FNO4S. The smallest absolute Gasteiger partial charge is 0.274 e. The van der Waals surface area contributed by atoms with E-state index >= 15 is 0 Å². The van der Waals surface area contributed by atoms with Gasteiger partial charge in [0.1, 0.15) is 0 Å². The summed E-state index contributed by atoms with van der Waals surface area (Å²) >= 11 is 0. The molecule has 17 heavy (non-hydrogen) atoms. The highest BCUT2D eigenvalue weighted by Crippen LogP contribution is 2.24. The van der Waals surface area contributed by atoms with Crippen LogP contribution in [0.2, 0.25) is 0 Å². The van der Waals surface area contributed by atoms with E-state index in [-0.39, 0.29) is 30.3 Å². The van der Waals surface area contributed by atoms with Crippen molar-refractivity contribution in [2.24, 2.45) is 0 Å². The molecule has 0 saturated carbocycles. The number of hydrogen-bond acceptors (Lipinski definition) is 4. The van der Waals surface area contributed by atoms with Crippen molar-refractivity contribution in [3.05, 3.63) is 24.3 Å². The Bertz CT molecular complexity index is 563. The molecule has 0 N–H and O–H groups in total. The van der Waals surface area contributed by atoms with Gasteiger partial charge in [-0.1, -0.05) is 0 Å². The van der Waals surface area contributed by atoms with Gasteiger partial charge in [-0.3, -0.25) is 14.5 Å². The largest absolute Gasteiger partial charge is 0.332 e. The van der Waals surface area contributed by atoms with E-state index in [4.69, 9.17) is 0 Å². The second-order valence-corrected chi connectivity index (χ2v) is 4.90. The van der Waals surface area contributed by atoms with Gasteiger partial charge in [-0.05, 0) is 24.3 Å². The second kappa shape index (κ2) is 3.92. The molecule has 0 spiro atoms. The fourth-order valence-electron chi connectivity index (χ4n) is 1.62. The molecule has 2 rings (SSSR count). The predicted molar refractivity (Wildman–Crippen MR) is 56.5 cm³/mol. The van der Waals surface area contributed by atoms with Crippen molar-refractivity contribution >= 4 is 27.7 Å². The average molecular weight is 257 g/mol. The zero-order valence-corrected chi connectivity index (χ0v) is 9.41. The molecule has 1 aliphatic heterocycles. The summed E-state index contributed by atoms with van der Waals surface area (Å²) in [5.74, 6) is -0.684. The minimum Gasteiger partial charge on any atom is -0.274 e. The summed E-state index contributed by atoms with van der Waals surface area (Å²) in [6, 6.07) is 4.49. The van der Waals surface area contributed by atoms with Crippen LogP contribution < -0.4 is 4.90 Å². The van der Waals surface area contributed by atoms with Gasteiger partial charge in [-0.2, -0.15) is 8.42 Å². The molecule has 7 heteroatoms. The first-order valence-electron chi connectivity index (χ1n) is 4.80. The van der Waals surface area contributed by atoms with Crippen LogP contribution in [0.15, 0.2) is 29.2 Å². The van der Waals surface area contributed by atoms with E-state index in [1.165, 1.54) is 12.1 Å². The first-order chi connectivity index (χ1) is 7.89. The third-order valence-corrected chi connectivity index (χ3v) is 3.26. The van der Waals surface area contributed by atoms with E-state index in [0.29, 0.717) is 0 Å². The zero-order valence-electron chi connectivity index (χ0n) is 8.59. The predicted octanol–water partition coefficient (Wildman–Crippen LogP) is 0.998. The van der Waals surface area contributed by atoms with Gasteiger partial charge in [0, 0.05) is 12.8 Å². The molecule has 0 aromatic heterocycles. The molecule has 1 saturated heterocycles. The molecule has 0 unspecified atom stereocenters. The number of anilines is 1. The number of hydrogen-bond donors (Lipinski definition) is 0. The van der Waals surface area contributed by atoms with E-state index in [2.05, 4.69) is 0 Å². The lowest BCUT2D eigenvalue weighted by molar-refractivity contribution is -0.121. The number of imide groups is 1. The van der Waals surface area contributed by atoms with Crippen molar-refractivity contribution in [2.75, 3.05) is 4.90 Å². The summed E-state index contributed by atoms with van der Waals surface area (Å²) in [7, 11) is -4.76. The molecule has 2 amide bonds. The highest BCUT2D eigenvalue weighted by molar-refractivity contribution is 7.86. The van der Waals surface area contributed by atoms with Crippen LogP contribution in [-0.2, 0) is 19.8 Å². The molecule has 0 radical (unpaired) electrons. The molecule has 0 aliphatic carbocycles. The van der Waals surface area contributed by atoms with E-state index in [9.17, 15) is 21.9 Å². The number of benzene rings is 1. The van der Waals surface area contributed by atoms with E-state index < -0.39 is 15.1 Å².